The first-order chi connectivity index (χ1) is 9.71. The molecule has 1 atom stereocenters. The van der Waals surface area contributed by atoms with E-state index in [0.717, 1.165) is 38.6 Å². The Hall–Kier alpha value is -1.65. The van der Waals surface area contributed by atoms with Gasteiger partial charge in [0.15, 0.2) is 5.69 Å². The Morgan fingerprint density at radius 3 is 2.50 bits per heavy atom. The molecule has 0 saturated heterocycles. The van der Waals surface area contributed by atoms with Crippen molar-refractivity contribution in [3.63, 3.8) is 0 Å². The molecular formula is C15H26N4O. The summed E-state index contributed by atoms with van der Waals surface area (Å²) in [6, 6.07) is 3.73. The number of hydrogen-bond acceptors (Lipinski definition) is 4. The lowest BCUT2D eigenvalue weighted by atomic mass is 10.1. The van der Waals surface area contributed by atoms with E-state index in [4.69, 9.17) is 0 Å². The van der Waals surface area contributed by atoms with Gasteiger partial charge >= 0.3 is 0 Å². The normalized spacial score (nSPS) is 11.9. The number of carbonyl (C=O) groups is 1. The Morgan fingerprint density at radius 2 is 1.95 bits per heavy atom. The molecule has 1 amide bonds. The number of amides is 1. The van der Waals surface area contributed by atoms with Crippen LogP contribution in [-0.2, 0) is 0 Å². The standard InChI is InChI=1S/C15H26N4O/c1-4-7-9-12(8-5-2)17-15(20)13-10-11-14(16-6-3)19-18-13/h10-12H,4-9H2,1-3H3,(H,16,19)(H,17,20). The zero-order chi connectivity index (χ0) is 14.8. The van der Waals surface area contributed by atoms with Crippen LogP contribution in [0.15, 0.2) is 12.1 Å². The molecule has 0 bridgehead atoms. The van der Waals surface area contributed by atoms with Gasteiger partial charge < -0.3 is 10.6 Å². The summed E-state index contributed by atoms with van der Waals surface area (Å²) in [4.78, 5) is 12.1. The Kier molecular flexibility index (Phi) is 7.62. The smallest absolute Gasteiger partial charge is 0.272 e. The SMILES string of the molecule is CCCCC(CCC)NC(=O)c1ccc(NCC)nn1. The van der Waals surface area contributed by atoms with Crippen molar-refractivity contribution in [1.82, 2.24) is 15.5 Å². The molecule has 0 fully saturated rings. The molecule has 5 heteroatoms. The van der Waals surface area contributed by atoms with Crippen LogP contribution in [0.5, 0.6) is 0 Å². The van der Waals surface area contributed by atoms with Crippen LogP contribution in [0.3, 0.4) is 0 Å². The molecule has 20 heavy (non-hydrogen) atoms. The summed E-state index contributed by atoms with van der Waals surface area (Å²) in [6.07, 6.45) is 5.39. The lowest BCUT2D eigenvalue weighted by Gasteiger charge is -2.17. The average molecular weight is 278 g/mol. The number of nitrogens with zero attached hydrogens (tertiary/aromatic N) is 2. The van der Waals surface area contributed by atoms with Crippen LogP contribution in [0.25, 0.3) is 0 Å². The highest BCUT2D eigenvalue weighted by Crippen LogP contribution is 2.08. The second-order valence-electron chi connectivity index (χ2n) is 4.94. The van der Waals surface area contributed by atoms with E-state index in [-0.39, 0.29) is 11.9 Å². The minimum Gasteiger partial charge on any atom is -0.369 e. The highest BCUT2D eigenvalue weighted by Gasteiger charge is 2.14. The third-order valence-corrected chi connectivity index (χ3v) is 3.13. The van der Waals surface area contributed by atoms with E-state index in [0.29, 0.717) is 11.5 Å². The summed E-state index contributed by atoms with van der Waals surface area (Å²) >= 11 is 0. The van der Waals surface area contributed by atoms with E-state index in [1.54, 1.807) is 12.1 Å². The first kappa shape index (κ1) is 16.4. The number of hydrogen-bond donors (Lipinski definition) is 2. The molecule has 2 N–H and O–H groups in total. The quantitative estimate of drug-likeness (QED) is 0.728. The summed E-state index contributed by atoms with van der Waals surface area (Å²) in [6.45, 7) is 7.08. The summed E-state index contributed by atoms with van der Waals surface area (Å²) < 4.78 is 0. The third-order valence-electron chi connectivity index (χ3n) is 3.13. The fraction of sp³-hybridized carbons (Fsp3) is 0.667. The fourth-order valence-corrected chi connectivity index (χ4v) is 2.08. The van der Waals surface area contributed by atoms with Gasteiger partial charge in [-0.15, -0.1) is 10.2 Å². The van der Waals surface area contributed by atoms with Crippen molar-refractivity contribution in [1.29, 1.82) is 0 Å². The van der Waals surface area contributed by atoms with Crippen LogP contribution >= 0.6 is 0 Å². The first-order valence-corrected chi connectivity index (χ1v) is 7.59. The maximum absolute atomic E-state index is 12.1. The molecular weight excluding hydrogens is 252 g/mol. The Bertz CT molecular complexity index is 391. The van der Waals surface area contributed by atoms with E-state index < -0.39 is 0 Å². The highest BCUT2D eigenvalue weighted by molar-refractivity contribution is 5.92. The van der Waals surface area contributed by atoms with Crippen LogP contribution in [0.1, 0.15) is 63.4 Å². The van der Waals surface area contributed by atoms with Gasteiger partial charge in [-0.05, 0) is 31.9 Å². The third kappa shape index (κ3) is 5.55. The van der Waals surface area contributed by atoms with Crippen molar-refractivity contribution in [3.8, 4) is 0 Å². The van der Waals surface area contributed by atoms with Gasteiger partial charge in [-0.25, -0.2) is 0 Å². The van der Waals surface area contributed by atoms with Crippen LogP contribution in [0, 0.1) is 0 Å². The van der Waals surface area contributed by atoms with Crippen molar-refractivity contribution in [3.05, 3.63) is 17.8 Å². The number of rotatable bonds is 9. The minimum absolute atomic E-state index is 0.130. The molecule has 0 aliphatic heterocycles. The topological polar surface area (TPSA) is 66.9 Å². The van der Waals surface area contributed by atoms with E-state index in [1.165, 1.54) is 0 Å². The van der Waals surface area contributed by atoms with Crippen molar-refractivity contribution in [2.75, 3.05) is 11.9 Å². The molecule has 1 rings (SSSR count). The number of unbranched alkanes of at least 4 members (excludes halogenated alkanes) is 1. The highest BCUT2D eigenvalue weighted by atomic mass is 16.2. The molecule has 0 aliphatic rings. The van der Waals surface area contributed by atoms with E-state index in [2.05, 4.69) is 34.7 Å². The molecule has 1 heterocycles. The van der Waals surface area contributed by atoms with Crippen LogP contribution in [0.4, 0.5) is 5.82 Å². The lowest BCUT2D eigenvalue weighted by molar-refractivity contribution is 0.0926. The molecule has 0 spiro atoms. The van der Waals surface area contributed by atoms with E-state index in [1.807, 2.05) is 6.92 Å². The zero-order valence-electron chi connectivity index (χ0n) is 12.8. The van der Waals surface area contributed by atoms with Crippen LogP contribution in [-0.4, -0.2) is 28.7 Å². The molecule has 0 aliphatic carbocycles. The summed E-state index contributed by atoms with van der Waals surface area (Å²) in [5.41, 5.74) is 0.379. The van der Waals surface area contributed by atoms with Crippen LogP contribution in [0.2, 0.25) is 0 Å². The Labute approximate surface area is 121 Å². The van der Waals surface area contributed by atoms with Gasteiger partial charge in [0.25, 0.3) is 5.91 Å². The van der Waals surface area contributed by atoms with Crippen molar-refractivity contribution in [2.45, 2.75) is 58.9 Å². The average Bonchev–Trinajstić information content (AvgIpc) is 2.46. The number of anilines is 1. The second kappa shape index (κ2) is 9.28. The fourth-order valence-electron chi connectivity index (χ4n) is 2.08. The van der Waals surface area contributed by atoms with Crippen molar-refractivity contribution >= 4 is 11.7 Å². The van der Waals surface area contributed by atoms with Crippen molar-refractivity contribution in [2.24, 2.45) is 0 Å². The van der Waals surface area contributed by atoms with Gasteiger partial charge in [0.2, 0.25) is 0 Å². The Morgan fingerprint density at radius 1 is 1.15 bits per heavy atom. The molecule has 1 aromatic rings. The van der Waals surface area contributed by atoms with Crippen LogP contribution < -0.4 is 10.6 Å². The molecule has 5 nitrogen and oxygen atoms in total. The predicted octanol–water partition coefficient (Wildman–Crippen LogP) is 3.00. The monoisotopic (exact) mass is 278 g/mol. The maximum Gasteiger partial charge on any atom is 0.272 e. The number of carbonyl (C=O) groups excluding carboxylic acids is 1. The number of aromatic nitrogens is 2. The summed E-state index contributed by atoms with van der Waals surface area (Å²) in [7, 11) is 0. The van der Waals surface area contributed by atoms with Gasteiger partial charge in [0.1, 0.15) is 5.82 Å². The lowest BCUT2D eigenvalue weighted by Crippen LogP contribution is -2.35. The van der Waals surface area contributed by atoms with Gasteiger partial charge in [-0.3, -0.25) is 4.79 Å². The molecule has 112 valence electrons. The van der Waals surface area contributed by atoms with Crippen molar-refractivity contribution < 1.29 is 4.79 Å². The molecule has 0 radical (unpaired) electrons. The molecule has 1 aromatic heterocycles. The predicted molar refractivity (Wildman–Crippen MR) is 81.9 cm³/mol. The largest absolute Gasteiger partial charge is 0.369 e. The summed E-state index contributed by atoms with van der Waals surface area (Å²) in [5.74, 6) is 0.565. The molecule has 0 saturated carbocycles. The van der Waals surface area contributed by atoms with E-state index in [9.17, 15) is 4.79 Å². The summed E-state index contributed by atoms with van der Waals surface area (Å²) in [5, 5.41) is 14.1. The van der Waals surface area contributed by atoms with Gasteiger partial charge in [-0.1, -0.05) is 33.1 Å². The van der Waals surface area contributed by atoms with Gasteiger partial charge in [0, 0.05) is 12.6 Å². The molecule has 1 unspecified atom stereocenters. The number of nitrogens with one attached hydrogen (secondary N) is 2. The second-order valence-corrected chi connectivity index (χ2v) is 4.94. The first-order valence-electron chi connectivity index (χ1n) is 7.59. The maximum atomic E-state index is 12.1. The Balaban J connectivity index is 2.58. The van der Waals surface area contributed by atoms with E-state index >= 15 is 0 Å². The molecule has 0 aromatic carbocycles. The zero-order valence-corrected chi connectivity index (χ0v) is 12.8. The van der Waals surface area contributed by atoms with Gasteiger partial charge in [-0.2, -0.15) is 0 Å². The minimum atomic E-state index is -0.130. The van der Waals surface area contributed by atoms with Gasteiger partial charge in [0.05, 0.1) is 0 Å².